The Hall–Kier alpha value is 0.261. The van der Waals surface area contributed by atoms with Crippen LogP contribution in [0.2, 0.25) is 89.6 Å². The third kappa shape index (κ3) is 50.5. The molecule has 0 aliphatic rings. The molecule has 0 rings (SSSR count). The number of likely N-dealkylation sites (N-methyl/N-ethyl adjacent to an activating group) is 4. The van der Waals surface area contributed by atoms with Gasteiger partial charge in [0, 0.05) is 78.8 Å². The lowest BCUT2D eigenvalue weighted by molar-refractivity contribution is 0.0211. The summed E-state index contributed by atoms with van der Waals surface area (Å²) in [5.74, 6) is -1.96. The van der Waals surface area contributed by atoms with Gasteiger partial charge in [0.25, 0.3) is 40.5 Å². The van der Waals surface area contributed by atoms with Gasteiger partial charge in [0.2, 0.25) is 0 Å². The fourth-order valence-corrected chi connectivity index (χ4v) is 41.2. The number of rotatable bonds is 54. The Balaban J connectivity index is 7.08. The van der Waals surface area contributed by atoms with Gasteiger partial charge in [0.1, 0.15) is 0 Å². The minimum atomic E-state index is -4.20. The average molecular weight is 1420 g/mol. The van der Waals surface area contributed by atoms with Crippen LogP contribution < -0.4 is 0 Å². The topological polar surface area (TPSA) is 394 Å². The lowest BCUT2D eigenvalue weighted by atomic mass is 10.3. The normalized spacial score (nSPS) is 17.9. The quantitative estimate of drug-likeness (QED) is 0.0242. The standard InChI is InChI=1S/C46H110N4O25S4Si6/c1-47(19-27-76(55,56)57)35-43(51)39-67-23-15-31-82(11,71-80(5,6)7)73-84(13,33-17-25-69-41-45(53)37-49(3)21-29-78(61,62)63)75-85(14,34-18-26-70-42-46(54)38-50(4)22-30-79(64,65)66)74-83(12,72-81(8,9)10)32-16-24-68-40-44(52)36-48(2)20-28-77(58,59)60/h43-46,51-54H,15-42H2,1-14H3,(H,55,56,57)(H,58,59,60)(H,61,62,63)(H,64,65,66). The van der Waals surface area contributed by atoms with Crippen molar-refractivity contribution in [3.05, 3.63) is 0 Å². The van der Waals surface area contributed by atoms with Crippen LogP contribution in [0, 0.1) is 0 Å². The molecule has 0 aliphatic heterocycles. The molecule has 0 aromatic carbocycles. The van der Waals surface area contributed by atoms with Gasteiger partial charge in [0.15, 0.2) is 16.6 Å². The van der Waals surface area contributed by atoms with Crippen molar-refractivity contribution < 1.29 is 112 Å². The largest absolute Gasteiger partial charge is 0.437 e. The Bertz CT molecular complexity index is 2150. The van der Waals surface area contributed by atoms with Crippen molar-refractivity contribution in [3.8, 4) is 0 Å². The second kappa shape index (κ2) is 39.7. The van der Waals surface area contributed by atoms with Gasteiger partial charge in [0.05, 0.1) is 73.9 Å². The third-order valence-corrected chi connectivity index (χ3v) is 38.8. The molecule has 39 heteroatoms. The van der Waals surface area contributed by atoms with Crippen LogP contribution in [-0.4, -0.2) is 324 Å². The molecule has 0 aromatic rings. The summed E-state index contributed by atoms with van der Waals surface area (Å²) in [6, 6.07) is 1.67. The summed E-state index contributed by atoms with van der Waals surface area (Å²) < 4.78 is 187. The molecule has 0 spiro atoms. The molecule has 0 heterocycles. The average Bonchev–Trinajstić information content (AvgIpc) is 2.35. The Morgan fingerprint density at radius 3 is 0.671 bits per heavy atom. The molecule has 8 N–H and O–H groups in total. The van der Waals surface area contributed by atoms with E-state index in [1.54, 1.807) is 47.8 Å². The van der Waals surface area contributed by atoms with E-state index in [1.165, 1.54) is 0 Å². The molecular weight excluding hydrogens is 1310 g/mol. The first-order valence-electron chi connectivity index (χ1n) is 28.6. The zero-order chi connectivity index (χ0) is 65.8. The van der Waals surface area contributed by atoms with Crippen LogP contribution in [0.3, 0.4) is 0 Å². The van der Waals surface area contributed by atoms with E-state index in [2.05, 4.69) is 39.3 Å². The molecule has 0 aromatic heterocycles. The first-order valence-corrected chi connectivity index (χ1v) is 51.9. The van der Waals surface area contributed by atoms with E-state index >= 15 is 0 Å². The fraction of sp³-hybridized carbons (Fsp3) is 1.00. The van der Waals surface area contributed by atoms with Crippen LogP contribution in [0.1, 0.15) is 25.7 Å². The highest BCUT2D eigenvalue weighted by molar-refractivity contribution is 7.86. The molecule has 8 atom stereocenters. The Kier molecular flexibility index (Phi) is 39.8. The van der Waals surface area contributed by atoms with Crippen molar-refractivity contribution >= 4 is 91.4 Å². The van der Waals surface area contributed by atoms with Gasteiger partial charge in [-0.1, -0.05) is 0 Å². The molecular formula is C46H110N4O25S4Si6. The summed E-state index contributed by atoms with van der Waals surface area (Å²) in [5.41, 5.74) is 0. The molecule has 0 fully saturated rings. The number of ether oxygens (including phenoxy) is 4. The number of aliphatic hydroxyl groups is 4. The molecule has 29 nitrogen and oxygen atoms in total. The number of hydrogen-bond acceptors (Lipinski definition) is 25. The van der Waals surface area contributed by atoms with E-state index in [0.29, 0.717) is 49.9 Å². The number of nitrogens with zero attached hydrogens (tertiary/aromatic N) is 4. The predicted molar refractivity (Wildman–Crippen MR) is 339 cm³/mol. The lowest BCUT2D eigenvalue weighted by Crippen LogP contribution is -2.62. The van der Waals surface area contributed by atoms with E-state index in [4.69, 9.17) is 48.6 Å². The zero-order valence-corrected chi connectivity index (χ0v) is 62.3. The van der Waals surface area contributed by atoms with Crippen LogP contribution in [0.5, 0.6) is 0 Å². The predicted octanol–water partition coefficient (Wildman–Crippen LogP) is 1.38. The molecule has 0 amide bonds. The van der Waals surface area contributed by atoms with E-state index in [0.717, 1.165) is 0 Å². The Morgan fingerprint density at radius 2 is 0.506 bits per heavy atom. The minimum Gasteiger partial charge on any atom is -0.437 e. The highest BCUT2D eigenvalue weighted by atomic mass is 32.2. The number of hydrogen-bond donors (Lipinski definition) is 8. The highest BCUT2D eigenvalue weighted by Crippen LogP contribution is 2.36. The molecule has 0 saturated heterocycles. The van der Waals surface area contributed by atoms with Crippen LogP contribution in [-0.2, 0) is 80.0 Å². The Labute approximate surface area is 515 Å². The van der Waals surface area contributed by atoms with Gasteiger partial charge < -0.3 is 79.5 Å². The second-order valence-corrected chi connectivity index (χ2v) is 54.7. The maximum absolute atomic E-state index is 11.3. The van der Waals surface area contributed by atoms with E-state index in [-0.39, 0.29) is 105 Å². The molecule has 512 valence electrons. The summed E-state index contributed by atoms with van der Waals surface area (Å²) in [6.07, 6.45) is -2.07. The van der Waals surface area contributed by atoms with Gasteiger partial charge in [-0.15, -0.1) is 0 Å². The summed E-state index contributed by atoms with van der Waals surface area (Å²) in [5, 5.41) is 42.9. The van der Waals surface area contributed by atoms with Crippen LogP contribution in [0.4, 0.5) is 0 Å². The zero-order valence-electron chi connectivity index (χ0n) is 53.0. The van der Waals surface area contributed by atoms with Gasteiger partial charge in [-0.05, 0) is 144 Å². The highest BCUT2D eigenvalue weighted by Gasteiger charge is 2.52. The molecule has 0 saturated carbocycles. The Morgan fingerprint density at radius 1 is 0.329 bits per heavy atom. The van der Waals surface area contributed by atoms with Crippen molar-refractivity contribution in [2.45, 2.75) is 140 Å². The summed E-state index contributed by atoms with van der Waals surface area (Å²) in [4.78, 5) is 6.28. The maximum atomic E-state index is 11.3. The van der Waals surface area contributed by atoms with Crippen molar-refractivity contribution in [2.75, 3.05) is 156 Å². The molecule has 8 unspecified atom stereocenters. The second-order valence-electron chi connectivity index (χ2n) is 24.8. The monoisotopic (exact) mass is 1410 g/mol. The molecule has 85 heavy (non-hydrogen) atoms. The van der Waals surface area contributed by atoms with E-state index in [1.807, 2.05) is 26.2 Å². The number of aliphatic hydroxyl groups excluding tert-OH is 4. The molecule has 0 aliphatic carbocycles. The van der Waals surface area contributed by atoms with E-state index < -0.39 is 139 Å². The van der Waals surface area contributed by atoms with Gasteiger partial charge in [-0.25, -0.2) is 0 Å². The minimum absolute atomic E-state index is 0.00461. The van der Waals surface area contributed by atoms with Crippen LogP contribution >= 0.6 is 0 Å². The van der Waals surface area contributed by atoms with Crippen molar-refractivity contribution in [3.63, 3.8) is 0 Å². The summed E-state index contributed by atoms with van der Waals surface area (Å²) in [6.45, 7) is 21.2. The summed E-state index contributed by atoms with van der Waals surface area (Å²) >= 11 is 0. The lowest BCUT2D eigenvalue weighted by Gasteiger charge is -2.46. The SMILES string of the molecule is CN(CCS(=O)(=O)O)CC(O)COCCC[Si](C)(O[Si](C)(C)C)O[Si](C)(CCCOCC(O)CN(C)CCS(=O)(=O)O)O[Si](C)(CCCOCC(O)CN(C)CCS(=O)(=O)O)O[Si](C)(CCCOCC(O)CN(C)CCS(=O)(=O)O)O[Si](C)(C)C. The fourth-order valence-electron chi connectivity index (χ4n) is 9.12. The van der Waals surface area contributed by atoms with Gasteiger partial charge >= 0.3 is 34.2 Å². The van der Waals surface area contributed by atoms with E-state index in [9.17, 15) is 63.2 Å². The third-order valence-electron chi connectivity index (χ3n) is 12.3. The van der Waals surface area contributed by atoms with Crippen LogP contribution in [0.15, 0.2) is 0 Å². The smallest absolute Gasteiger partial charge is 0.317 e. The van der Waals surface area contributed by atoms with Gasteiger partial charge in [-0.2, -0.15) is 33.7 Å². The van der Waals surface area contributed by atoms with Crippen molar-refractivity contribution in [1.29, 1.82) is 0 Å². The first kappa shape index (κ1) is 85.3. The molecule has 0 bridgehead atoms. The van der Waals surface area contributed by atoms with Gasteiger partial charge in [-0.3, -0.25) is 18.2 Å². The molecule has 0 radical (unpaired) electrons. The van der Waals surface area contributed by atoms with Crippen molar-refractivity contribution in [1.82, 2.24) is 19.6 Å². The van der Waals surface area contributed by atoms with Crippen LogP contribution in [0.25, 0.3) is 0 Å². The maximum Gasteiger partial charge on any atom is 0.317 e. The first-order chi connectivity index (χ1) is 38.5. The summed E-state index contributed by atoms with van der Waals surface area (Å²) in [7, 11) is -28.5. The van der Waals surface area contributed by atoms with Crippen molar-refractivity contribution in [2.24, 2.45) is 0 Å².